The van der Waals surface area contributed by atoms with E-state index < -0.39 is 29.2 Å². The van der Waals surface area contributed by atoms with E-state index in [1.54, 1.807) is 28.8 Å². The number of fused-ring (bicyclic) bond motifs is 1. The summed E-state index contributed by atoms with van der Waals surface area (Å²) in [5.41, 5.74) is -0.631. The number of aromatic hydroxyl groups is 1. The summed E-state index contributed by atoms with van der Waals surface area (Å²) in [5, 5.41) is 18.0. The monoisotopic (exact) mass is 380 g/mol. The molecule has 0 amide bonds. The highest BCUT2D eigenvalue weighted by Gasteiger charge is 2.22. The first-order valence-corrected chi connectivity index (χ1v) is 8.37. The lowest BCUT2D eigenvalue weighted by Gasteiger charge is -2.05. The third-order valence-electron chi connectivity index (χ3n) is 4.13. The maximum Gasteiger partial charge on any atom is 0.254 e. The van der Waals surface area contributed by atoms with E-state index >= 15 is 0 Å². The molecule has 0 saturated carbocycles. The van der Waals surface area contributed by atoms with Crippen LogP contribution in [0.15, 0.2) is 34.5 Å². The standard InChI is InChI=1S/C18H16F4N4O/c1-2-3-6-9-26-11-8-5-4-7-10(11)14(18(26)27)24-25-15-12(19)16(21)23-17(22)13(15)20/h4-5,7-8,27H,2-3,6,9H2,1H3. The van der Waals surface area contributed by atoms with Crippen molar-refractivity contribution in [3.8, 4) is 5.88 Å². The third-order valence-corrected chi connectivity index (χ3v) is 4.13. The molecule has 2 aromatic heterocycles. The Balaban J connectivity index is 2.08. The molecular formula is C18H16F4N4O. The number of nitrogens with zero attached hydrogens (tertiary/aromatic N) is 4. The highest BCUT2D eigenvalue weighted by atomic mass is 19.2. The van der Waals surface area contributed by atoms with Crippen LogP contribution in [0.5, 0.6) is 5.88 Å². The molecule has 2 heterocycles. The summed E-state index contributed by atoms with van der Waals surface area (Å²) in [6.07, 6.45) is 2.75. The van der Waals surface area contributed by atoms with Crippen molar-refractivity contribution in [1.82, 2.24) is 9.55 Å². The van der Waals surface area contributed by atoms with Crippen LogP contribution in [0.4, 0.5) is 28.9 Å². The number of halogens is 4. The molecule has 1 aromatic carbocycles. The minimum Gasteiger partial charge on any atom is -0.493 e. The second-order valence-electron chi connectivity index (χ2n) is 5.92. The zero-order valence-corrected chi connectivity index (χ0v) is 14.4. The summed E-state index contributed by atoms with van der Waals surface area (Å²) in [6.45, 7) is 2.56. The average Bonchev–Trinajstić information content (AvgIpc) is 2.92. The van der Waals surface area contributed by atoms with Crippen LogP contribution in [-0.4, -0.2) is 14.7 Å². The zero-order valence-electron chi connectivity index (χ0n) is 14.4. The minimum atomic E-state index is -1.82. The van der Waals surface area contributed by atoms with Crippen molar-refractivity contribution < 1.29 is 22.7 Å². The molecule has 3 aromatic rings. The Morgan fingerprint density at radius 2 is 1.59 bits per heavy atom. The summed E-state index contributed by atoms with van der Waals surface area (Å²) < 4.78 is 55.4. The lowest BCUT2D eigenvalue weighted by atomic mass is 10.2. The van der Waals surface area contributed by atoms with E-state index in [1.807, 2.05) is 6.92 Å². The number of unbranched alkanes of at least 4 members (excludes halogenated alkanes) is 2. The van der Waals surface area contributed by atoms with Crippen molar-refractivity contribution in [2.75, 3.05) is 0 Å². The Kier molecular flexibility index (Phi) is 5.38. The topological polar surface area (TPSA) is 62.8 Å². The predicted molar refractivity (Wildman–Crippen MR) is 91.4 cm³/mol. The van der Waals surface area contributed by atoms with E-state index in [0.717, 1.165) is 19.3 Å². The molecule has 0 aliphatic rings. The first-order valence-electron chi connectivity index (χ1n) is 8.37. The number of azo groups is 1. The van der Waals surface area contributed by atoms with Gasteiger partial charge in [-0.25, -0.2) is 0 Å². The van der Waals surface area contributed by atoms with Crippen LogP contribution in [0.25, 0.3) is 10.9 Å². The van der Waals surface area contributed by atoms with Crippen molar-refractivity contribution in [1.29, 1.82) is 0 Å². The fraction of sp³-hybridized carbons (Fsp3) is 0.278. The largest absolute Gasteiger partial charge is 0.493 e. The molecule has 0 radical (unpaired) electrons. The molecule has 27 heavy (non-hydrogen) atoms. The molecule has 0 aliphatic carbocycles. The molecule has 0 fully saturated rings. The summed E-state index contributed by atoms with van der Waals surface area (Å²) in [6, 6.07) is 6.88. The molecule has 1 N–H and O–H groups in total. The molecule has 0 spiro atoms. The van der Waals surface area contributed by atoms with Gasteiger partial charge in [0.1, 0.15) is 0 Å². The lowest BCUT2D eigenvalue weighted by Crippen LogP contribution is -1.98. The van der Waals surface area contributed by atoms with Crippen LogP contribution in [0.2, 0.25) is 0 Å². The maximum absolute atomic E-state index is 13.7. The highest BCUT2D eigenvalue weighted by Crippen LogP contribution is 2.40. The van der Waals surface area contributed by atoms with Crippen molar-refractivity contribution in [2.45, 2.75) is 32.7 Å². The molecule has 5 nitrogen and oxygen atoms in total. The number of pyridine rings is 1. The van der Waals surface area contributed by atoms with Crippen LogP contribution in [-0.2, 0) is 6.54 Å². The number of aryl methyl sites for hydroxylation is 1. The lowest BCUT2D eigenvalue weighted by molar-refractivity contribution is 0.408. The second-order valence-corrected chi connectivity index (χ2v) is 5.92. The predicted octanol–water partition coefficient (Wildman–Crippen LogP) is 5.90. The Hall–Kier alpha value is -2.97. The molecule has 3 rings (SSSR count). The maximum atomic E-state index is 13.7. The van der Waals surface area contributed by atoms with E-state index in [9.17, 15) is 22.7 Å². The number of hydrogen-bond donors (Lipinski definition) is 1. The van der Waals surface area contributed by atoms with Crippen molar-refractivity contribution in [2.24, 2.45) is 10.2 Å². The molecular weight excluding hydrogens is 364 g/mol. The Labute approximate surface area is 152 Å². The molecule has 0 aliphatic heterocycles. The number of aromatic nitrogens is 2. The fourth-order valence-electron chi connectivity index (χ4n) is 2.78. The van der Waals surface area contributed by atoms with Crippen LogP contribution >= 0.6 is 0 Å². The van der Waals surface area contributed by atoms with E-state index in [1.165, 1.54) is 0 Å². The van der Waals surface area contributed by atoms with Crippen LogP contribution < -0.4 is 0 Å². The van der Waals surface area contributed by atoms with Gasteiger partial charge < -0.3 is 9.67 Å². The quantitative estimate of drug-likeness (QED) is 0.250. The Morgan fingerprint density at radius 1 is 0.963 bits per heavy atom. The number of hydrogen-bond acceptors (Lipinski definition) is 4. The second kappa shape index (κ2) is 7.73. The first kappa shape index (κ1) is 18.8. The molecule has 9 heteroatoms. The highest BCUT2D eigenvalue weighted by molar-refractivity contribution is 5.95. The van der Waals surface area contributed by atoms with Crippen LogP contribution in [0.1, 0.15) is 26.2 Å². The average molecular weight is 380 g/mol. The molecule has 142 valence electrons. The van der Waals surface area contributed by atoms with Gasteiger partial charge in [0.2, 0.25) is 17.5 Å². The van der Waals surface area contributed by atoms with Crippen LogP contribution in [0.3, 0.4) is 0 Å². The van der Waals surface area contributed by atoms with Crippen LogP contribution in [0, 0.1) is 23.5 Å². The minimum absolute atomic E-state index is 0.0430. The summed E-state index contributed by atoms with van der Waals surface area (Å²) in [4.78, 5) is 2.46. The van der Waals surface area contributed by atoms with Crippen molar-refractivity contribution in [3.05, 3.63) is 47.8 Å². The van der Waals surface area contributed by atoms with Gasteiger partial charge in [0.25, 0.3) is 11.9 Å². The van der Waals surface area contributed by atoms with Gasteiger partial charge >= 0.3 is 0 Å². The zero-order chi connectivity index (χ0) is 19.6. The molecule has 0 saturated heterocycles. The SMILES string of the molecule is CCCCCn1c(O)c(N=Nc2c(F)c(F)nc(F)c2F)c2ccccc21. The van der Waals surface area contributed by atoms with Gasteiger partial charge in [-0.3, -0.25) is 0 Å². The van der Waals surface area contributed by atoms with Gasteiger partial charge in [-0.1, -0.05) is 38.0 Å². The normalized spacial score (nSPS) is 11.7. The van der Waals surface area contributed by atoms with E-state index in [4.69, 9.17) is 0 Å². The van der Waals surface area contributed by atoms with Gasteiger partial charge in [0.15, 0.2) is 11.4 Å². The smallest absolute Gasteiger partial charge is 0.254 e. The van der Waals surface area contributed by atoms with Gasteiger partial charge in [-0.2, -0.15) is 22.5 Å². The van der Waals surface area contributed by atoms with E-state index in [0.29, 0.717) is 17.4 Å². The molecule has 0 bridgehead atoms. The number of para-hydroxylation sites is 1. The first-order chi connectivity index (χ1) is 13.0. The summed E-state index contributed by atoms with van der Waals surface area (Å²) in [7, 11) is 0. The summed E-state index contributed by atoms with van der Waals surface area (Å²) >= 11 is 0. The third kappa shape index (κ3) is 3.49. The van der Waals surface area contributed by atoms with E-state index in [2.05, 4.69) is 15.2 Å². The number of rotatable bonds is 6. The van der Waals surface area contributed by atoms with Gasteiger partial charge in [0, 0.05) is 11.9 Å². The van der Waals surface area contributed by atoms with Gasteiger partial charge in [0.05, 0.1) is 5.52 Å². The number of benzene rings is 1. The van der Waals surface area contributed by atoms with Crippen molar-refractivity contribution in [3.63, 3.8) is 0 Å². The molecule has 0 atom stereocenters. The van der Waals surface area contributed by atoms with Gasteiger partial charge in [-0.05, 0) is 12.5 Å². The van der Waals surface area contributed by atoms with Crippen molar-refractivity contribution >= 4 is 22.3 Å². The Bertz CT molecular complexity index is 990. The van der Waals surface area contributed by atoms with E-state index in [-0.39, 0.29) is 11.6 Å². The summed E-state index contributed by atoms with van der Waals surface area (Å²) in [5.74, 6) is -7.41. The molecule has 0 unspecified atom stereocenters. The fourth-order valence-corrected chi connectivity index (χ4v) is 2.78. The Morgan fingerprint density at radius 3 is 2.26 bits per heavy atom. The van der Waals surface area contributed by atoms with Gasteiger partial charge in [-0.15, -0.1) is 10.2 Å².